The van der Waals surface area contributed by atoms with Gasteiger partial charge in [-0.15, -0.1) is 23.5 Å². The highest BCUT2D eigenvalue weighted by Crippen LogP contribution is 2.53. The van der Waals surface area contributed by atoms with Crippen molar-refractivity contribution in [1.82, 2.24) is 4.72 Å². The van der Waals surface area contributed by atoms with Crippen LogP contribution in [0.4, 0.5) is 0 Å². The Morgan fingerprint density at radius 3 is 2.06 bits per heavy atom. The highest BCUT2D eigenvalue weighted by atomic mass is 32.2. The van der Waals surface area contributed by atoms with Gasteiger partial charge < -0.3 is 0 Å². The van der Waals surface area contributed by atoms with E-state index in [-0.39, 0.29) is 10.1 Å². The quantitative estimate of drug-likeness (QED) is 0.266. The van der Waals surface area contributed by atoms with Crippen molar-refractivity contribution in [3.05, 3.63) is 35.9 Å². The molecule has 0 radical (unpaired) electrons. The van der Waals surface area contributed by atoms with Gasteiger partial charge >= 0.3 is 0 Å². The lowest BCUT2D eigenvalue weighted by atomic mass is 9.99. The first-order valence-electron chi connectivity index (χ1n) is 12.6. The molecule has 1 aromatic rings. The average Bonchev–Trinajstić information content (AvgIpc) is 2.76. The van der Waals surface area contributed by atoms with Crippen molar-refractivity contribution in [3.63, 3.8) is 0 Å². The van der Waals surface area contributed by atoms with Gasteiger partial charge in [0.15, 0.2) is 0 Å². The number of rotatable bonds is 14. The van der Waals surface area contributed by atoms with Gasteiger partial charge in [0.1, 0.15) is 0 Å². The van der Waals surface area contributed by atoms with Crippen molar-refractivity contribution in [2.24, 2.45) is 0 Å². The standard InChI is InChI=1S/C26H45NO2S3/c1-5-6-7-8-9-10-11-15-19-24(27-32(28,29)25(2,3)4)22-26(30-20-16-21-31-26)23-17-13-12-14-18-23/h12-14,17-18,24,27H,5-11,15-16,19-22H2,1-4H3. The lowest BCUT2D eigenvalue weighted by Gasteiger charge is -2.40. The van der Waals surface area contributed by atoms with E-state index >= 15 is 0 Å². The Morgan fingerprint density at radius 1 is 0.938 bits per heavy atom. The second kappa shape index (κ2) is 13.7. The fraction of sp³-hybridized carbons (Fsp3) is 0.769. The number of thioether (sulfide) groups is 2. The summed E-state index contributed by atoms with van der Waals surface area (Å²) in [5.74, 6) is 2.27. The van der Waals surface area contributed by atoms with Crippen LogP contribution in [0, 0.1) is 0 Å². The number of unbranched alkanes of at least 4 members (excludes halogenated alkanes) is 7. The smallest absolute Gasteiger partial charge is 0.212 e. The Kier molecular flexibility index (Phi) is 12.0. The molecule has 0 saturated carbocycles. The molecule has 32 heavy (non-hydrogen) atoms. The molecule has 0 aromatic heterocycles. The molecule has 1 saturated heterocycles. The summed E-state index contributed by atoms with van der Waals surface area (Å²) in [5.41, 5.74) is 1.32. The molecule has 1 unspecified atom stereocenters. The summed E-state index contributed by atoms with van der Waals surface area (Å²) in [6, 6.07) is 10.7. The van der Waals surface area contributed by atoms with Crippen LogP contribution >= 0.6 is 23.5 Å². The van der Waals surface area contributed by atoms with E-state index in [9.17, 15) is 8.42 Å². The fourth-order valence-corrected chi connectivity index (χ4v) is 8.61. The first kappa shape index (κ1) is 28.1. The van der Waals surface area contributed by atoms with Crippen LogP contribution in [0.2, 0.25) is 0 Å². The Balaban J connectivity index is 2.07. The van der Waals surface area contributed by atoms with Crippen LogP contribution in [0.1, 0.15) is 104 Å². The van der Waals surface area contributed by atoms with Gasteiger partial charge in [0, 0.05) is 6.04 Å². The molecule has 184 valence electrons. The predicted octanol–water partition coefficient (Wildman–Crippen LogP) is 7.72. The van der Waals surface area contributed by atoms with Gasteiger partial charge in [-0.05, 0) is 57.1 Å². The van der Waals surface area contributed by atoms with Crippen LogP contribution in [-0.4, -0.2) is 30.7 Å². The van der Waals surface area contributed by atoms with E-state index in [1.807, 2.05) is 23.5 Å². The zero-order valence-corrected chi connectivity index (χ0v) is 23.1. The molecule has 2 rings (SSSR count). The van der Waals surface area contributed by atoms with Crippen molar-refractivity contribution in [2.45, 2.75) is 113 Å². The predicted molar refractivity (Wildman–Crippen MR) is 145 cm³/mol. The van der Waals surface area contributed by atoms with Gasteiger partial charge in [-0.1, -0.05) is 88.6 Å². The molecule has 1 heterocycles. The maximum absolute atomic E-state index is 13.1. The van der Waals surface area contributed by atoms with E-state index in [1.165, 1.54) is 56.9 Å². The largest absolute Gasteiger partial charge is 0.216 e. The van der Waals surface area contributed by atoms with Gasteiger partial charge in [0.25, 0.3) is 0 Å². The van der Waals surface area contributed by atoms with Crippen molar-refractivity contribution in [1.29, 1.82) is 0 Å². The summed E-state index contributed by atoms with van der Waals surface area (Å²) in [6.07, 6.45) is 13.1. The van der Waals surface area contributed by atoms with Gasteiger partial charge in [0.05, 0.1) is 8.83 Å². The van der Waals surface area contributed by atoms with E-state index in [0.29, 0.717) is 0 Å². The highest BCUT2D eigenvalue weighted by Gasteiger charge is 2.40. The summed E-state index contributed by atoms with van der Waals surface area (Å²) in [5, 5.41) is 0. The molecule has 0 amide bonds. The lowest BCUT2D eigenvalue weighted by Crippen LogP contribution is -2.46. The Hall–Kier alpha value is -0.170. The van der Waals surface area contributed by atoms with Crippen molar-refractivity contribution in [3.8, 4) is 0 Å². The molecule has 1 aromatic carbocycles. The molecule has 1 aliphatic rings. The van der Waals surface area contributed by atoms with Crippen molar-refractivity contribution in [2.75, 3.05) is 11.5 Å². The molecule has 1 atom stereocenters. The molecule has 3 nitrogen and oxygen atoms in total. The minimum absolute atomic E-state index is 0.0300. The SMILES string of the molecule is CCCCCCCCCCC(CC1(c2ccccc2)SCCCS1)NS(=O)(=O)C(C)(C)C. The normalized spacial score (nSPS) is 17.9. The maximum atomic E-state index is 13.1. The molecular weight excluding hydrogens is 454 g/mol. The lowest BCUT2D eigenvalue weighted by molar-refractivity contribution is 0.452. The minimum atomic E-state index is -3.38. The van der Waals surface area contributed by atoms with Crippen molar-refractivity contribution >= 4 is 33.5 Å². The third-order valence-electron chi connectivity index (χ3n) is 6.22. The topological polar surface area (TPSA) is 46.2 Å². The van der Waals surface area contributed by atoms with Crippen LogP contribution in [0.3, 0.4) is 0 Å². The molecule has 0 aliphatic carbocycles. The molecule has 6 heteroatoms. The van der Waals surface area contributed by atoms with Crippen LogP contribution in [0.25, 0.3) is 0 Å². The monoisotopic (exact) mass is 499 g/mol. The van der Waals surface area contributed by atoms with Gasteiger partial charge in [0.2, 0.25) is 10.0 Å². The van der Waals surface area contributed by atoms with E-state index in [1.54, 1.807) is 20.8 Å². The van der Waals surface area contributed by atoms with Crippen LogP contribution in [-0.2, 0) is 14.1 Å². The zero-order chi connectivity index (χ0) is 23.5. The van der Waals surface area contributed by atoms with E-state index < -0.39 is 14.8 Å². The summed E-state index contributed by atoms with van der Waals surface area (Å²) >= 11 is 4.02. The second-order valence-electron chi connectivity index (χ2n) is 10.1. The van der Waals surface area contributed by atoms with Gasteiger partial charge in [-0.25, -0.2) is 13.1 Å². The Bertz CT molecular complexity index is 738. The Morgan fingerprint density at radius 2 is 1.50 bits per heavy atom. The average molecular weight is 500 g/mol. The molecule has 1 fully saturated rings. The van der Waals surface area contributed by atoms with E-state index in [4.69, 9.17) is 0 Å². The molecular formula is C26H45NO2S3. The molecule has 1 N–H and O–H groups in total. The third-order valence-corrected chi connectivity index (χ3v) is 11.9. The minimum Gasteiger partial charge on any atom is -0.212 e. The van der Waals surface area contributed by atoms with Gasteiger partial charge in [-0.2, -0.15) is 0 Å². The maximum Gasteiger partial charge on any atom is 0.216 e. The molecule has 0 spiro atoms. The fourth-order valence-electron chi connectivity index (χ4n) is 4.12. The summed E-state index contributed by atoms with van der Waals surface area (Å²) in [4.78, 5) is 0. The number of hydrogen-bond donors (Lipinski definition) is 1. The number of benzene rings is 1. The van der Waals surface area contributed by atoms with E-state index in [2.05, 4.69) is 42.0 Å². The molecule has 0 bridgehead atoms. The van der Waals surface area contributed by atoms with Crippen LogP contribution < -0.4 is 4.72 Å². The summed E-state index contributed by atoms with van der Waals surface area (Å²) in [7, 11) is -3.38. The molecule has 1 aliphatic heterocycles. The van der Waals surface area contributed by atoms with Crippen LogP contribution in [0.15, 0.2) is 30.3 Å². The summed E-state index contributed by atoms with van der Waals surface area (Å²) < 4.78 is 28.4. The highest BCUT2D eigenvalue weighted by molar-refractivity contribution is 8.18. The third kappa shape index (κ3) is 8.88. The number of hydrogen-bond acceptors (Lipinski definition) is 4. The van der Waals surface area contributed by atoms with Gasteiger partial charge in [-0.3, -0.25) is 0 Å². The Labute approximate surface area is 206 Å². The number of sulfonamides is 1. The van der Waals surface area contributed by atoms with Crippen LogP contribution in [0.5, 0.6) is 0 Å². The first-order chi connectivity index (χ1) is 15.2. The van der Waals surface area contributed by atoms with E-state index in [0.717, 1.165) is 30.8 Å². The second-order valence-corrected chi connectivity index (χ2v) is 15.6. The van der Waals surface area contributed by atoms with Crippen molar-refractivity contribution < 1.29 is 8.42 Å². The summed E-state index contributed by atoms with van der Waals surface area (Å²) in [6.45, 7) is 7.63. The first-order valence-corrected chi connectivity index (χ1v) is 16.0. The number of nitrogens with one attached hydrogen (secondary N) is 1. The zero-order valence-electron chi connectivity index (χ0n) is 20.7.